The van der Waals surface area contributed by atoms with Crippen molar-refractivity contribution in [3.8, 4) is 0 Å². The van der Waals surface area contributed by atoms with Gasteiger partial charge in [0.25, 0.3) is 0 Å². The highest BCUT2D eigenvalue weighted by Gasteiger charge is 2.25. The van der Waals surface area contributed by atoms with Gasteiger partial charge in [-0.3, -0.25) is 4.79 Å². The van der Waals surface area contributed by atoms with Crippen molar-refractivity contribution in [2.45, 2.75) is 76.7 Å². The summed E-state index contributed by atoms with van der Waals surface area (Å²) in [6.07, 6.45) is 14.3. The van der Waals surface area contributed by atoms with Gasteiger partial charge in [0.1, 0.15) is 6.04 Å². The second kappa shape index (κ2) is 8.66. The lowest BCUT2D eigenvalue weighted by Crippen LogP contribution is -2.42. The molecule has 2 aliphatic carbocycles. The minimum Gasteiger partial charge on any atom is -0.468 e. The summed E-state index contributed by atoms with van der Waals surface area (Å²) in [4.78, 5) is 12.0. The van der Waals surface area contributed by atoms with Crippen LogP contribution in [0.3, 0.4) is 0 Å². The Bertz CT molecular complexity index is 281. The van der Waals surface area contributed by atoms with Crippen molar-refractivity contribution in [3.05, 3.63) is 0 Å². The monoisotopic (exact) mass is 281 g/mol. The number of carbonyl (C=O) groups excluding carboxylic acids is 1. The number of esters is 1. The summed E-state index contributed by atoms with van der Waals surface area (Å²) in [6.45, 7) is 0.993. The first kappa shape index (κ1) is 15.8. The molecule has 1 N–H and O–H groups in total. The molecule has 20 heavy (non-hydrogen) atoms. The smallest absolute Gasteiger partial charge is 0.322 e. The number of rotatable bonds is 6. The van der Waals surface area contributed by atoms with Crippen LogP contribution in [0.1, 0.15) is 70.6 Å². The van der Waals surface area contributed by atoms with Gasteiger partial charge in [-0.1, -0.05) is 51.4 Å². The number of methoxy groups -OCH3 is 1. The van der Waals surface area contributed by atoms with Gasteiger partial charge in [-0.2, -0.15) is 0 Å². The molecule has 0 amide bonds. The third-order valence-electron chi connectivity index (χ3n) is 5.16. The van der Waals surface area contributed by atoms with Crippen LogP contribution in [0.25, 0.3) is 0 Å². The molecule has 0 spiro atoms. The zero-order valence-electron chi connectivity index (χ0n) is 13.0. The van der Waals surface area contributed by atoms with Gasteiger partial charge in [0, 0.05) is 0 Å². The third-order valence-corrected chi connectivity index (χ3v) is 5.16. The SMILES string of the molecule is COC(=O)[C@H](CC1CCCCC1)NCC1CCCCC1. The van der Waals surface area contributed by atoms with Crippen LogP contribution in [0.2, 0.25) is 0 Å². The Balaban J connectivity index is 1.77. The summed E-state index contributed by atoms with van der Waals surface area (Å²) < 4.78 is 4.99. The summed E-state index contributed by atoms with van der Waals surface area (Å²) in [5.74, 6) is 1.42. The molecule has 2 fully saturated rings. The third kappa shape index (κ3) is 5.08. The Morgan fingerprint density at radius 3 is 2.10 bits per heavy atom. The van der Waals surface area contributed by atoms with Gasteiger partial charge in [0.15, 0.2) is 0 Å². The molecular weight excluding hydrogens is 250 g/mol. The molecule has 0 saturated heterocycles. The molecule has 3 heteroatoms. The van der Waals surface area contributed by atoms with E-state index in [2.05, 4.69) is 5.32 Å². The molecule has 0 aromatic carbocycles. The lowest BCUT2D eigenvalue weighted by molar-refractivity contribution is -0.143. The molecule has 2 rings (SSSR count). The molecule has 2 aliphatic rings. The molecule has 116 valence electrons. The van der Waals surface area contributed by atoms with E-state index in [1.54, 1.807) is 0 Å². The number of carbonyl (C=O) groups is 1. The van der Waals surface area contributed by atoms with Crippen molar-refractivity contribution in [2.24, 2.45) is 11.8 Å². The zero-order valence-corrected chi connectivity index (χ0v) is 13.0. The van der Waals surface area contributed by atoms with E-state index >= 15 is 0 Å². The van der Waals surface area contributed by atoms with Crippen LogP contribution >= 0.6 is 0 Å². The molecule has 0 heterocycles. The first-order chi connectivity index (χ1) is 9.79. The lowest BCUT2D eigenvalue weighted by atomic mass is 9.84. The summed E-state index contributed by atoms with van der Waals surface area (Å²) in [5.41, 5.74) is 0. The summed E-state index contributed by atoms with van der Waals surface area (Å²) in [7, 11) is 1.51. The molecule has 0 bridgehead atoms. The maximum Gasteiger partial charge on any atom is 0.322 e. The molecule has 2 saturated carbocycles. The molecular formula is C17H31NO2. The van der Waals surface area contributed by atoms with E-state index < -0.39 is 0 Å². The van der Waals surface area contributed by atoms with Crippen LogP contribution in [0, 0.1) is 11.8 Å². The van der Waals surface area contributed by atoms with Gasteiger partial charge in [0.2, 0.25) is 0 Å². The van der Waals surface area contributed by atoms with Crippen LogP contribution in [0.15, 0.2) is 0 Å². The first-order valence-electron chi connectivity index (χ1n) is 8.61. The molecule has 0 aromatic heterocycles. The molecule has 0 aromatic rings. The van der Waals surface area contributed by atoms with E-state index in [0.717, 1.165) is 18.9 Å². The first-order valence-corrected chi connectivity index (χ1v) is 8.61. The second-order valence-corrected chi connectivity index (χ2v) is 6.73. The zero-order chi connectivity index (χ0) is 14.2. The van der Waals surface area contributed by atoms with Gasteiger partial charge in [-0.05, 0) is 37.6 Å². The second-order valence-electron chi connectivity index (χ2n) is 6.73. The molecule has 1 atom stereocenters. The van der Waals surface area contributed by atoms with Gasteiger partial charge in [-0.25, -0.2) is 0 Å². The topological polar surface area (TPSA) is 38.3 Å². The highest BCUT2D eigenvalue weighted by atomic mass is 16.5. The van der Waals surface area contributed by atoms with E-state index in [1.807, 2.05) is 0 Å². The van der Waals surface area contributed by atoms with E-state index in [-0.39, 0.29) is 12.0 Å². The van der Waals surface area contributed by atoms with Crippen LogP contribution in [0.4, 0.5) is 0 Å². The average molecular weight is 281 g/mol. The van der Waals surface area contributed by atoms with Gasteiger partial charge in [0.05, 0.1) is 7.11 Å². The highest BCUT2D eigenvalue weighted by molar-refractivity contribution is 5.75. The number of hydrogen-bond acceptors (Lipinski definition) is 3. The van der Waals surface area contributed by atoms with Crippen molar-refractivity contribution in [2.75, 3.05) is 13.7 Å². The summed E-state index contributed by atoms with van der Waals surface area (Å²) in [6, 6.07) is -0.0787. The van der Waals surface area contributed by atoms with Crippen LogP contribution < -0.4 is 5.32 Å². The van der Waals surface area contributed by atoms with Crippen molar-refractivity contribution in [3.63, 3.8) is 0 Å². The highest BCUT2D eigenvalue weighted by Crippen LogP contribution is 2.28. The predicted molar refractivity (Wildman–Crippen MR) is 81.6 cm³/mol. The predicted octanol–water partition coefficient (Wildman–Crippen LogP) is 3.67. The van der Waals surface area contributed by atoms with Crippen molar-refractivity contribution >= 4 is 5.97 Å². The fourth-order valence-electron chi connectivity index (χ4n) is 3.86. The van der Waals surface area contributed by atoms with Crippen molar-refractivity contribution in [1.29, 1.82) is 0 Å². The number of hydrogen-bond donors (Lipinski definition) is 1. The van der Waals surface area contributed by atoms with E-state index in [1.165, 1.54) is 71.3 Å². The normalized spacial score (nSPS) is 23.4. The Morgan fingerprint density at radius 1 is 1.00 bits per heavy atom. The largest absolute Gasteiger partial charge is 0.468 e. The minimum absolute atomic E-state index is 0.0635. The summed E-state index contributed by atoms with van der Waals surface area (Å²) >= 11 is 0. The standard InChI is InChI=1S/C17H31NO2/c1-20-17(19)16(12-14-8-4-2-5-9-14)18-13-15-10-6-3-7-11-15/h14-16,18H,2-13H2,1H3/t16-/m0/s1. The minimum atomic E-state index is -0.0787. The average Bonchev–Trinajstić information content (AvgIpc) is 2.52. The maximum atomic E-state index is 12.0. The van der Waals surface area contributed by atoms with E-state index in [0.29, 0.717) is 5.92 Å². The van der Waals surface area contributed by atoms with E-state index in [9.17, 15) is 4.79 Å². The Kier molecular flexibility index (Phi) is 6.85. The van der Waals surface area contributed by atoms with Crippen LogP contribution in [0.5, 0.6) is 0 Å². The number of nitrogens with one attached hydrogen (secondary N) is 1. The van der Waals surface area contributed by atoms with Gasteiger partial charge < -0.3 is 10.1 Å². The lowest BCUT2D eigenvalue weighted by Gasteiger charge is -2.28. The molecule has 0 unspecified atom stereocenters. The summed E-state index contributed by atoms with van der Waals surface area (Å²) in [5, 5.41) is 3.51. The fraction of sp³-hybridized carbons (Fsp3) is 0.941. The van der Waals surface area contributed by atoms with Crippen molar-refractivity contribution < 1.29 is 9.53 Å². The fourth-order valence-corrected chi connectivity index (χ4v) is 3.86. The molecule has 0 radical (unpaired) electrons. The Hall–Kier alpha value is -0.570. The quantitative estimate of drug-likeness (QED) is 0.755. The van der Waals surface area contributed by atoms with Crippen LogP contribution in [-0.4, -0.2) is 25.7 Å². The van der Waals surface area contributed by atoms with Crippen molar-refractivity contribution in [1.82, 2.24) is 5.32 Å². The maximum absolute atomic E-state index is 12.0. The van der Waals surface area contributed by atoms with Gasteiger partial charge in [-0.15, -0.1) is 0 Å². The van der Waals surface area contributed by atoms with Crippen LogP contribution in [-0.2, 0) is 9.53 Å². The van der Waals surface area contributed by atoms with Gasteiger partial charge >= 0.3 is 5.97 Å². The number of ether oxygens (including phenoxy) is 1. The van der Waals surface area contributed by atoms with E-state index in [4.69, 9.17) is 4.74 Å². The molecule has 3 nitrogen and oxygen atoms in total. The Morgan fingerprint density at radius 2 is 1.55 bits per heavy atom. The molecule has 0 aliphatic heterocycles. The Labute approximate surface area is 123 Å².